The van der Waals surface area contributed by atoms with Crippen molar-refractivity contribution in [1.82, 2.24) is 4.90 Å². The van der Waals surface area contributed by atoms with Crippen LogP contribution in [0, 0.1) is 11.3 Å². The summed E-state index contributed by atoms with van der Waals surface area (Å²) in [6.07, 6.45) is 0. The lowest BCUT2D eigenvalue weighted by molar-refractivity contribution is 0.00636. The monoisotopic (exact) mass is 539 g/mol. The topological polar surface area (TPSA) is 80.0 Å². The van der Waals surface area contributed by atoms with Gasteiger partial charge >= 0.3 is 0 Å². The number of halogens is 2. The maximum absolute atomic E-state index is 11.4. The van der Waals surface area contributed by atoms with E-state index in [9.17, 15) is 5.11 Å². The summed E-state index contributed by atoms with van der Waals surface area (Å²) in [5, 5.41) is 30.8. The predicted octanol–water partition coefficient (Wildman–Crippen LogP) is 5.40. The minimum absolute atomic E-state index is 0.0421. The highest BCUT2D eigenvalue weighted by Crippen LogP contribution is 2.40. The summed E-state index contributed by atoms with van der Waals surface area (Å²) in [5.74, 6) is 0.607. The number of β-amino-alcohol motifs (C(OH)–C–C–N with tert-alkyl or cyclic N) is 1. The Kier molecular flexibility index (Phi) is 8.63. The van der Waals surface area contributed by atoms with Gasteiger partial charge in [-0.15, -0.1) is 0 Å². The van der Waals surface area contributed by atoms with Crippen molar-refractivity contribution in [2.24, 2.45) is 0 Å². The summed E-state index contributed by atoms with van der Waals surface area (Å²) in [4.78, 5) is 4.58. The van der Waals surface area contributed by atoms with Gasteiger partial charge in [-0.1, -0.05) is 47.5 Å². The van der Waals surface area contributed by atoms with Gasteiger partial charge in [0, 0.05) is 36.8 Å². The van der Waals surface area contributed by atoms with E-state index in [1.54, 1.807) is 18.2 Å². The molecule has 0 saturated carbocycles. The molecule has 3 atom stereocenters. The number of anilines is 1. The fraction of sp³-hybridized carbons (Fsp3) is 0.345. The fourth-order valence-electron chi connectivity index (χ4n) is 5.04. The van der Waals surface area contributed by atoms with E-state index in [1.165, 1.54) is 0 Å². The Balaban J connectivity index is 1.63. The third kappa shape index (κ3) is 6.38. The van der Waals surface area contributed by atoms with Crippen LogP contribution < -0.4 is 9.64 Å². The van der Waals surface area contributed by atoms with Crippen LogP contribution >= 0.6 is 23.2 Å². The minimum atomic E-state index is -1.09. The van der Waals surface area contributed by atoms with Crippen molar-refractivity contribution < 1.29 is 14.9 Å². The molecule has 6 nitrogen and oxygen atoms in total. The molecule has 0 amide bonds. The maximum atomic E-state index is 11.4. The Morgan fingerprint density at radius 2 is 1.76 bits per heavy atom. The molecule has 2 N–H and O–H groups in total. The summed E-state index contributed by atoms with van der Waals surface area (Å²) in [6, 6.07) is 22.7. The van der Waals surface area contributed by atoms with Crippen molar-refractivity contribution in [2.45, 2.75) is 31.5 Å². The fourth-order valence-corrected chi connectivity index (χ4v) is 5.44. The first-order valence-electron chi connectivity index (χ1n) is 12.2. The summed E-state index contributed by atoms with van der Waals surface area (Å²) < 4.78 is 5.54. The Hall–Kier alpha value is -2.79. The molecule has 1 aliphatic heterocycles. The smallest absolute Gasteiger partial charge is 0.121 e. The van der Waals surface area contributed by atoms with Crippen LogP contribution in [-0.2, 0) is 5.60 Å². The summed E-state index contributed by atoms with van der Waals surface area (Å²) >= 11 is 12.9. The third-order valence-corrected chi connectivity index (χ3v) is 7.30. The van der Waals surface area contributed by atoms with Crippen molar-refractivity contribution in [3.05, 3.63) is 93.5 Å². The molecule has 1 fully saturated rings. The number of hydrogen-bond acceptors (Lipinski definition) is 6. The number of ether oxygens (including phenoxy) is 1. The first-order chi connectivity index (χ1) is 17.7. The van der Waals surface area contributed by atoms with Gasteiger partial charge in [-0.2, -0.15) is 5.26 Å². The highest BCUT2D eigenvalue weighted by atomic mass is 35.5. The van der Waals surface area contributed by atoms with Gasteiger partial charge in [-0.05, 0) is 61.4 Å². The molecule has 1 saturated heterocycles. The Morgan fingerprint density at radius 1 is 1.05 bits per heavy atom. The SMILES string of the molecule is CC1CN(C[C@@](C)(O)c2ccc(C#N)cc2)CC(c2ccc(Cl)cc2)N1c1ccc(OCCO)cc1Cl. The van der Waals surface area contributed by atoms with Crippen LogP contribution in [-0.4, -0.2) is 54.0 Å². The molecule has 194 valence electrons. The number of hydrogen-bond donors (Lipinski definition) is 2. The molecule has 37 heavy (non-hydrogen) atoms. The van der Waals surface area contributed by atoms with E-state index in [-0.39, 0.29) is 25.3 Å². The van der Waals surface area contributed by atoms with Crippen LogP contribution in [0.4, 0.5) is 5.69 Å². The van der Waals surface area contributed by atoms with E-state index < -0.39 is 5.60 Å². The van der Waals surface area contributed by atoms with E-state index in [1.807, 2.05) is 55.5 Å². The highest BCUT2D eigenvalue weighted by molar-refractivity contribution is 6.33. The molecule has 0 radical (unpaired) electrons. The van der Waals surface area contributed by atoms with Gasteiger partial charge < -0.3 is 19.8 Å². The Bertz CT molecular complexity index is 1240. The van der Waals surface area contributed by atoms with Crippen LogP contribution in [0.3, 0.4) is 0 Å². The molecular weight excluding hydrogens is 509 g/mol. The van der Waals surface area contributed by atoms with Gasteiger partial charge in [-0.3, -0.25) is 4.90 Å². The number of benzene rings is 3. The van der Waals surface area contributed by atoms with Crippen molar-refractivity contribution in [3.63, 3.8) is 0 Å². The normalized spacial score (nSPS) is 19.8. The summed E-state index contributed by atoms with van der Waals surface area (Å²) in [5.41, 5.74) is 2.23. The van der Waals surface area contributed by atoms with Crippen LogP contribution in [0.5, 0.6) is 5.75 Å². The largest absolute Gasteiger partial charge is 0.491 e. The quantitative estimate of drug-likeness (QED) is 0.399. The van der Waals surface area contributed by atoms with Gasteiger partial charge in [0.25, 0.3) is 0 Å². The highest BCUT2D eigenvalue weighted by Gasteiger charge is 2.37. The van der Waals surface area contributed by atoms with E-state index in [2.05, 4.69) is 22.8 Å². The van der Waals surface area contributed by atoms with Crippen LogP contribution in [0.25, 0.3) is 0 Å². The zero-order valence-electron chi connectivity index (χ0n) is 20.9. The molecule has 4 rings (SSSR count). The third-order valence-electron chi connectivity index (χ3n) is 6.74. The van der Waals surface area contributed by atoms with Crippen LogP contribution in [0.15, 0.2) is 66.7 Å². The predicted molar refractivity (Wildman–Crippen MR) is 147 cm³/mol. The number of rotatable bonds is 8. The first kappa shape index (κ1) is 27.3. The average Bonchev–Trinajstić information content (AvgIpc) is 2.88. The second-order valence-corrected chi connectivity index (χ2v) is 10.5. The molecule has 0 aromatic heterocycles. The van der Waals surface area contributed by atoms with E-state index in [0.29, 0.717) is 34.4 Å². The van der Waals surface area contributed by atoms with Crippen molar-refractivity contribution >= 4 is 28.9 Å². The lowest BCUT2D eigenvalue weighted by Gasteiger charge is -2.49. The Morgan fingerprint density at radius 3 is 2.38 bits per heavy atom. The number of nitriles is 1. The molecule has 0 aliphatic carbocycles. The lowest BCUT2D eigenvalue weighted by Crippen LogP contribution is -2.56. The Labute approximate surface area is 228 Å². The first-order valence-corrected chi connectivity index (χ1v) is 13.0. The van der Waals surface area contributed by atoms with Crippen LogP contribution in [0.1, 0.15) is 36.6 Å². The van der Waals surface area contributed by atoms with Gasteiger partial charge in [0.1, 0.15) is 12.4 Å². The molecule has 1 heterocycles. The molecule has 0 bridgehead atoms. The van der Waals surface area contributed by atoms with Crippen molar-refractivity contribution in [2.75, 3.05) is 37.7 Å². The molecular formula is C29H31Cl2N3O3. The standard InChI is InChI=1S/C29H31Cl2N3O3/c1-20-17-33(19-29(2,36)23-7-3-21(16-32)4-8-23)18-28(22-5-9-24(30)10-6-22)34(20)27-12-11-25(15-26(27)31)37-14-13-35/h3-12,15,20,28,35-36H,13-14,17-19H2,1-2H3/t20?,28?,29-/m1/s1. The summed E-state index contributed by atoms with van der Waals surface area (Å²) in [7, 11) is 0. The van der Waals surface area contributed by atoms with E-state index in [4.69, 9.17) is 38.3 Å². The summed E-state index contributed by atoms with van der Waals surface area (Å²) in [6.45, 7) is 5.92. The molecule has 0 spiro atoms. The zero-order valence-corrected chi connectivity index (χ0v) is 22.5. The second-order valence-electron chi connectivity index (χ2n) is 9.67. The van der Waals surface area contributed by atoms with Crippen molar-refractivity contribution in [1.29, 1.82) is 5.26 Å². The number of aliphatic hydroxyl groups excluding tert-OH is 1. The molecule has 3 aromatic carbocycles. The number of piperazine rings is 1. The number of aliphatic hydroxyl groups is 2. The van der Waals surface area contributed by atoms with E-state index >= 15 is 0 Å². The molecule has 2 unspecified atom stereocenters. The zero-order chi connectivity index (χ0) is 26.6. The maximum Gasteiger partial charge on any atom is 0.121 e. The molecule has 3 aromatic rings. The molecule has 1 aliphatic rings. The van der Waals surface area contributed by atoms with Crippen molar-refractivity contribution in [3.8, 4) is 11.8 Å². The lowest BCUT2D eigenvalue weighted by atomic mass is 9.92. The van der Waals surface area contributed by atoms with Gasteiger partial charge in [0.05, 0.1) is 40.6 Å². The molecule has 8 heteroatoms. The van der Waals surface area contributed by atoms with Gasteiger partial charge in [0.2, 0.25) is 0 Å². The van der Waals surface area contributed by atoms with Gasteiger partial charge in [-0.25, -0.2) is 0 Å². The second kappa shape index (κ2) is 11.7. The van der Waals surface area contributed by atoms with E-state index in [0.717, 1.165) is 23.4 Å². The number of nitrogens with zero attached hydrogens (tertiary/aromatic N) is 3. The van der Waals surface area contributed by atoms with Gasteiger partial charge in [0.15, 0.2) is 0 Å². The van der Waals surface area contributed by atoms with Crippen LogP contribution in [0.2, 0.25) is 10.0 Å². The average molecular weight is 540 g/mol. The minimum Gasteiger partial charge on any atom is -0.491 e.